The highest BCUT2D eigenvalue weighted by Gasteiger charge is 2.07. The van der Waals surface area contributed by atoms with E-state index in [0.29, 0.717) is 23.1 Å². The molecule has 0 atom stereocenters. The van der Waals surface area contributed by atoms with E-state index in [1.165, 1.54) is 13.3 Å². The third kappa shape index (κ3) is 3.41. The summed E-state index contributed by atoms with van der Waals surface area (Å²) in [5.74, 6) is 1.42. The number of nitrogens with one attached hydrogen (secondary N) is 2. The third-order valence-corrected chi connectivity index (χ3v) is 2.31. The van der Waals surface area contributed by atoms with Crippen molar-refractivity contribution in [3.8, 4) is 11.6 Å². The Kier molecular flexibility index (Phi) is 3.92. The van der Waals surface area contributed by atoms with Crippen molar-refractivity contribution < 1.29 is 9.53 Å². The first-order chi connectivity index (χ1) is 9.19. The van der Waals surface area contributed by atoms with E-state index in [-0.39, 0.29) is 5.91 Å². The second kappa shape index (κ2) is 5.81. The molecule has 6 heteroatoms. The monoisotopic (exact) mass is 258 g/mol. The Balaban J connectivity index is 2.24. The van der Waals surface area contributed by atoms with Crippen molar-refractivity contribution >= 4 is 17.4 Å². The van der Waals surface area contributed by atoms with Gasteiger partial charge in [-0.25, -0.2) is 9.97 Å². The number of carbonyl (C=O) groups excluding carboxylic acids is 1. The molecule has 0 unspecified atom stereocenters. The molecule has 1 heterocycles. The lowest BCUT2D eigenvalue weighted by atomic mass is 10.3. The normalized spacial score (nSPS) is 9.79. The number of amides is 1. The van der Waals surface area contributed by atoms with Crippen LogP contribution in [0.5, 0.6) is 11.6 Å². The van der Waals surface area contributed by atoms with Crippen LogP contribution in [-0.4, -0.2) is 22.9 Å². The van der Waals surface area contributed by atoms with Crippen LogP contribution in [0.3, 0.4) is 0 Å². The summed E-state index contributed by atoms with van der Waals surface area (Å²) in [6.07, 6.45) is 1.40. The van der Waals surface area contributed by atoms with E-state index in [9.17, 15) is 4.79 Å². The molecule has 0 bridgehead atoms. The molecule has 1 aromatic heterocycles. The lowest BCUT2D eigenvalue weighted by molar-refractivity contribution is -0.114. The smallest absolute Gasteiger partial charge is 0.224 e. The van der Waals surface area contributed by atoms with E-state index in [1.807, 2.05) is 12.1 Å². The maximum absolute atomic E-state index is 11.1. The maximum Gasteiger partial charge on any atom is 0.224 e. The Bertz CT molecular complexity index is 586. The number of nitrogens with zero attached hydrogens (tertiary/aromatic N) is 2. The van der Waals surface area contributed by atoms with Gasteiger partial charge in [-0.15, -0.1) is 0 Å². The zero-order valence-electron chi connectivity index (χ0n) is 10.7. The first-order valence-corrected chi connectivity index (χ1v) is 5.73. The second-order valence-electron chi connectivity index (χ2n) is 3.77. The largest absolute Gasteiger partial charge is 0.437 e. The molecular weight excluding hydrogens is 244 g/mol. The summed E-state index contributed by atoms with van der Waals surface area (Å²) >= 11 is 0. The van der Waals surface area contributed by atoms with Crippen molar-refractivity contribution in [2.24, 2.45) is 0 Å². The standard InChI is InChI=1S/C13H14N4O2/c1-9(18)17-10-5-3-4-6-11(10)19-13-7-12(14-2)15-8-16-13/h3-8H,1-2H3,(H,17,18)(H,14,15,16). The highest BCUT2D eigenvalue weighted by atomic mass is 16.5. The van der Waals surface area contributed by atoms with E-state index in [2.05, 4.69) is 20.6 Å². The summed E-state index contributed by atoms with van der Waals surface area (Å²) in [4.78, 5) is 19.1. The molecule has 1 aromatic carbocycles. The Labute approximate surface area is 110 Å². The van der Waals surface area contributed by atoms with Crippen LogP contribution in [0.4, 0.5) is 11.5 Å². The molecule has 0 saturated heterocycles. The van der Waals surface area contributed by atoms with Crippen LogP contribution >= 0.6 is 0 Å². The fourth-order valence-electron chi connectivity index (χ4n) is 1.49. The number of rotatable bonds is 4. The lowest BCUT2D eigenvalue weighted by Crippen LogP contribution is -2.07. The molecule has 0 fully saturated rings. The van der Waals surface area contributed by atoms with Crippen LogP contribution in [0, 0.1) is 0 Å². The number of anilines is 2. The number of carbonyl (C=O) groups is 1. The van der Waals surface area contributed by atoms with Crippen LogP contribution in [0.1, 0.15) is 6.92 Å². The quantitative estimate of drug-likeness (QED) is 0.879. The Hall–Kier alpha value is -2.63. The maximum atomic E-state index is 11.1. The number of aromatic nitrogens is 2. The molecule has 0 aliphatic heterocycles. The number of hydrogen-bond acceptors (Lipinski definition) is 5. The fourth-order valence-corrected chi connectivity index (χ4v) is 1.49. The summed E-state index contributed by atoms with van der Waals surface area (Å²) < 4.78 is 5.65. The van der Waals surface area contributed by atoms with Gasteiger partial charge in [-0.3, -0.25) is 4.79 Å². The first kappa shape index (κ1) is 12.8. The molecule has 2 N–H and O–H groups in total. The van der Waals surface area contributed by atoms with E-state index in [4.69, 9.17) is 4.74 Å². The van der Waals surface area contributed by atoms with Gasteiger partial charge in [0.2, 0.25) is 11.8 Å². The minimum Gasteiger partial charge on any atom is -0.437 e. The summed E-state index contributed by atoms with van der Waals surface area (Å²) in [6, 6.07) is 8.83. The van der Waals surface area contributed by atoms with E-state index < -0.39 is 0 Å². The molecule has 0 aliphatic carbocycles. The molecule has 0 saturated carbocycles. The molecule has 2 rings (SSSR count). The molecule has 19 heavy (non-hydrogen) atoms. The number of benzene rings is 1. The number of ether oxygens (including phenoxy) is 1. The topological polar surface area (TPSA) is 76.1 Å². The van der Waals surface area contributed by atoms with Gasteiger partial charge < -0.3 is 15.4 Å². The van der Waals surface area contributed by atoms with Crippen LogP contribution in [-0.2, 0) is 4.79 Å². The number of hydrogen-bond donors (Lipinski definition) is 2. The second-order valence-corrected chi connectivity index (χ2v) is 3.77. The van der Waals surface area contributed by atoms with Gasteiger partial charge in [-0.05, 0) is 12.1 Å². The Morgan fingerprint density at radius 1 is 1.26 bits per heavy atom. The van der Waals surface area contributed by atoms with Gasteiger partial charge in [0.05, 0.1) is 5.69 Å². The predicted octanol–water partition coefficient (Wildman–Crippen LogP) is 2.27. The van der Waals surface area contributed by atoms with Gasteiger partial charge in [0, 0.05) is 20.0 Å². The molecular formula is C13H14N4O2. The van der Waals surface area contributed by atoms with Crippen LogP contribution in [0.15, 0.2) is 36.7 Å². The fraction of sp³-hybridized carbons (Fsp3) is 0.154. The van der Waals surface area contributed by atoms with E-state index >= 15 is 0 Å². The molecule has 1 amide bonds. The summed E-state index contributed by atoms with van der Waals surface area (Å²) in [7, 11) is 1.76. The molecule has 0 aliphatic rings. The highest BCUT2D eigenvalue weighted by Crippen LogP contribution is 2.28. The molecule has 2 aromatic rings. The SMILES string of the molecule is CNc1cc(Oc2ccccc2NC(C)=O)ncn1. The van der Waals surface area contributed by atoms with Gasteiger partial charge >= 0.3 is 0 Å². The zero-order chi connectivity index (χ0) is 13.7. The average Bonchev–Trinajstić information content (AvgIpc) is 2.41. The minimum atomic E-state index is -0.158. The zero-order valence-corrected chi connectivity index (χ0v) is 10.7. The summed E-state index contributed by atoms with van der Waals surface area (Å²) in [6.45, 7) is 1.45. The molecule has 6 nitrogen and oxygen atoms in total. The van der Waals surface area contributed by atoms with Crippen LogP contribution in [0.2, 0.25) is 0 Å². The van der Waals surface area contributed by atoms with Gasteiger partial charge in [-0.2, -0.15) is 0 Å². The molecule has 0 radical (unpaired) electrons. The van der Waals surface area contributed by atoms with Crippen LogP contribution < -0.4 is 15.4 Å². The van der Waals surface area contributed by atoms with E-state index in [0.717, 1.165) is 0 Å². The Morgan fingerprint density at radius 2 is 2.05 bits per heavy atom. The molecule has 98 valence electrons. The summed E-state index contributed by atoms with van der Waals surface area (Å²) in [5.41, 5.74) is 0.597. The highest BCUT2D eigenvalue weighted by molar-refractivity contribution is 5.90. The first-order valence-electron chi connectivity index (χ1n) is 5.73. The van der Waals surface area contributed by atoms with Gasteiger partial charge in [0.15, 0.2) is 5.75 Å². The lowest BCUT2D eigenvalue weighted by Gasteiger charge is -2.10. The minimum absolute atomic E-state index is 0.158. The summed E-state index contributed by atoms with van der Waals surface area (Å²) in [5, 5.41) is 5.60. The molecule has 0 spiro atoms. The van der Waals surface area contributed by atoms with Crippen molar-refractivity contribution in [1.29, 1.82) is 0 Å². The Morgan fingerprint density at radius 3 is 2.79 bits per heavy atom. The predicted molar refractivity (Wildman–Crippen MR) is 72.4 cm³/mol. The van der Waals surface area contributed by atoms with Crippen molar-refractivity contribution in [2.75, 3.05) is 17.7 Å². The van der Waals surface area contributed by atoms with Crippen molar-refractivity contribution in [3.63, 3.8) is 0 Å². The van der Waals surface area contributed by atoms with Crippen LogP contribution in [0.25, 0.3) is 0 Å². The van der Waals surface area contributed by atoms with Crippen molar-refractivity contribution in [3.05, 3.63) is 36.7 Å². The van der Waals surface area contributed by atoms with Crippen molar-refractivity contribution in [1.82, 2.24) is 9.97 Å². The average molecular weight is 258 g/mol. The number of para-hydroxylation sites is 2. The van der Waals surface area contributed by atoms with Gasteiger partial charge in [-0.1, -0.05) is 12.1 Å². The van der Waals surface area contributed by atoms with E-state index in [1.54, 1.807) is 25.2 Å². The third-order valence-electron chi connectivity index (χ3n) is 2.31. The van der Waals surface area contributed by atoms with Crippen molar-refractivity contribution in [2.45, 2.75) is 6.92 Å². The van der Waals surface area contributed by atoms with Gasteiger partial charge in [0.25, 0.3) is 0 Å². The van der Waals surface area contributed by atoms with Gasteiger partial charge in [0.1, 0.15) is 12.1 Å².